The van der Waals surface area contributed by atoms with Crippen molar-refractivity contribution in [3.63, 3.8) is 0 Å². The van der Waals surface area contributed by atoms with E-state index in [9.17, 15) is 15.0 Å². The zero-order valence-electron chi connectivity index (χ0n) is 14.6. The van der Waals surface area contributed by atoms with Gasteiger partial charge in [0.1, 0.15) is 0 Å². The lowest BCUT2D eigenvalue weighted by atomic mass is 9.46. The van der Waals surface area contributed by atoms with Gasteiger partial charge >= 0.3 is 0 Å². The van der Waals surface area contributed by atoms with Gasteiger partial charge in [-0.3, -0.25) is 4.79 Å². The third-order valence-corrected chi connectivity index (χ3v) is 8.46. The molecule has 0 aromatic rings. The lowest BCUT2D eigenvalue weighted by Crippen LogP contribution is -2.55. The monoisotopic (exact) mass is 318 g/mol. The Labute approximate surface area is 139 Å². The van der Waals surface area contributed by atoms with Crippen LogP contribution in [0, 0.1) is 28.6 Å². The fraction of sp³-hybridized carbons (Fsp3) is 0.850. The summed E-state index contributed by atoms with van der Waals surface area (Å²) in [6.45, 7) is 6.47. The third kappa shape index (κ3) is 1.93. The van der Waals surface area contributed by atoms with Crippen molar-refractivity contribution in [1.82, 2.24) is 0 Å². The minimum absolute atomic E-state index is 0.131. The first-order chi connectivity index (χ1) is 10.7. The van der Waals surface area contributed by atoms with Crippen molar-refractivity contribution < 1.29 is 15.0 Å². The molecule has 0 aromatic heterocycles. The molecule has 0 radical (unpaired) electrons. The molecule has 0 amide bonds. The first-order valence-corrected chi connectivity index (χ1v) is 9.33. The van der Waals surface area contributed by atoms with Crippen molar-refractivity contribution in [3.05, 3.63) is 11.6 Å². The number of hydrogen-bond donors (Lipinski definition) is 2. The number of carbonyl (C=O) groups is 1. The van der Waals surface area contributed by atoms with Gasteiger partial charge in [-0.1, -0.05) is 19.4 Å². The van der Waals surface area contributed by atoms with Gasteiger partial charge in [-0.05, 0) is 68.3 Å². The zero-order chi connectivity index (χ0) is 16.6. The van der Waals surface area contributed by atoms with E-state index in [1.165, 1.54) is 5.57 Å². The van der Waals surface area contributed by atoms with Gasteiger partial charge in [-0.25, -0.2) is 0 Å². The van der Waals surface area contributed by atoms with Gasteiger partial charge < -0.3 is 10.2 Å². The van der Waals surface area contributed by atoms with Gasteiger partial charge in [0, 0.05) is 18.3 Å². The molecule has 0 aromatic carbocycles. The third-order valence-electron chi connectivity index (χ3n) is 8.46. The Morgan fingerprint density at radius 1 is 1.13 bits per heavy atom. The molecule has 1 unspecified atom stereocenters. The van der Waals surface area contributed by atoms with Crippen LogP contribution in [0.4, 0.5) is 0 Å². The maximum atomic E-state index is 11.8. The van der Waals surface area contributed by atoms with E-state index in [2.05, 4.69) is 13.8 Å². The molecule has 0 saturated heterocycles. The Morgan fingerprint density at radius 2 is 1.87 bits per heavy atom. The lowest BCUT2D eigenvalue weighted by molar-refractivity contribution is -0.129. The molecular formula is C20H30O3. The number of carbonyl (C=O) groups excluding carboxylic acids is 1. The van der Waals surface area contributed by atoms with Crippen molar-refractivity contribution in [3.8, 4) is 0 Å². The van der Waals surface area contributed by atoms with E-state index in [1.54, 1.807) is 0 Å². The Balaban J connectivity index is 1.73. The second-order valence-corrected chi connectivity index (χ2v) is 9.39. The minimum atomic E-state index is -0.762. The number of fused-ring (bicyclic) bond motifs is 5. The molecular weight excluding hydrogens is 288 g/mol. The number of aliphatic hydroxyl groups is 2. The van der Waals surface area contributed by atoms with Crippen LogP contribution >= 0.6 is 0 Å². The van der Waals surface area contributed by atoms with Gasteiger partial charge in [0.2, 0.25) is 0 Å². The van der Waals surface area contributed by atoms with Crippen molar-refractivity contribution in [2.75, 3.05) is 0 Å². The minimum Gasteiger partial charge on any atom is -0.393 e. The SMILES string of the molecule is C[C@]12CCC(=O)C=C1CC[C@@H]1[C@@H]2CC[C@@]2(C)[C@H]1C(O)C[C@]2(C)O. The number of hydrogen-bond acceptors (Lipinski definition) is 3. The van der Waals surface area contributed by atoms with E-state index >= 15 is 0 Å². The van der Waals surface area contributed by atoms with E-state index in [1.807, 2.05) is 13.0 Å². The van der Waals surface area contributed by atoms with Crippen LogP contribution < -0.4 is 0 Å². The molecule has 4 aliphatic carbocycles. The van der Waals surface area contributed by atoms with Crippen LogP contribution in [0.25, 0.3) is 0 Å². The molecule has 3 heteroatoms. The summed E-state index contributed by atoms with van der Waals surface area (Å²) in [5.41, 5.74) is 0.557. The van der Waals surface area contributed by atoms with E-state index in [-0.39, 0.29) is 22.9 Å². The summed E-state index contributed by atoms with van der Waals surface area (Å²) in [6, 6.07) is 0. The molecule has 4 aliphatic rings. The van der Waals surface area contributed by atoms with Gasteiger partial charge in [-0.2, -0.15) is 0 Å². The Morgan fingerprint density at radius 3 is 2.61 bits per heavy atom. The summed E-state index contributed by atoms with van der Waals surface area (Å²) in [6.07, 6.45) is 7.84. The average molecular weight is 318 g/mol. The molecule has 2 N–H and O–H groups in total. The highest BCUT2D eigenvalue weighted by atomic mass is 16.3. The van der Waals surface area contributed by atoms with Crippen LogP contribution in [0.3, 0.4) is 0 Å². The fourth-order valence-electron chi connectivity index (χ4n) is 6.91. The molecule has 3 fully saturated rings. The molecule has 23 heavy (non-hydrogen) atoms. The second kappa shape index (κ2) is 4.70. The van der Waals surface area contributed by atoms with Crippen LogP contribution in [0.15, 0.2) is 11.6 Å². The van der Waals surface area contributed by atoms with Gasteiger partial charge in [-0.15, -0.1) is 0 Å². The average Bonchev–Trinajstić information content (AvgIpc) is 2.65. The summed E-state index contributed by atoms with van der Waals surface area (Å²) in [7, 11) is 0. The van der Waals surface area contributed by atoms with Crippen LogP contribution in [0.2, 0.25) is 0 Å². The highest BCUT2D eigenvalue weighted by Gasteiger charge is 2.65. The van der Waals surface area contributed by atoms with Gasteiger partial charge in [0.25, 0.3) is 0 Å². The van der Waals surface area contributed by atoms with Crippen molar-refractivity contribution in [1.29, 1.82) is 0 Å². The normalized spacial score (nSPS) is 55.7. The number of aliphatic hydroxyl groups excluding tert-OH is 1. The molecule has 4 rings (SSSR count). The van der Waals surface area contributed by atoms with Crippen LogP contribution in [0.5, 0.6) is 0 Å². The summed E-state index contributed by atoms with van der Waals surface area (Å²) >= 11 is 0. The van der Waals surface area contributed by atoms with Crippen LogP contribution in [0.1, 0.15) is 65.7 Å². The first kappa shape index (κ1) is 15.8. The number of rotatable bonds is 0. The van der Waals surface area contributed by atoms with E-state index in [0.29, 0.717) is 30.5 Å². The Kier molecular flexibility index (Phi) is 3.23. The van der Waals surface area contributed by atoms with E-state index < -0.39 is 5.60 Å². The molecule has 0 spiro atoms. The zero-order valence-corrected chi connectivity index (χ0v) is 14.6. The number of allylic oxidation sites excluding steroid dienone is 1. The maximum Gasteiger partial charge on any atom is 0.155 e. The smallest absolute Gasteiger partial charge is 0.155 e. The molecule has 3 saturated carbocycles. The van der Waals surface area contributed by atoms with E-state index in [4.69, 9.17) is 0 Å². The quantitative estimate of drug-likeness (QED) is 0.721. The highest BCUT2D eigenvalue weighted by Crippen LogP contribution is 2.67. The number of ketones is 1. The van der Waals surface area contributed by atoms with Crippen molar-refractivity contribution in [2.24, 2.45) is 28.6 Å². The topological polar surface area (TPSA) is 57.5 Å². The molecule has 0 bridgehead atoms. The van der Waals surface area contributed by atoms with Crippen molar-refractivity contribution >= 4 is 5.78 Å². The molecule has 0 heterocycles. The maximum absolute atomic E-state index is 11.8. The lowest BCUT2D eigenvalue weighted by Gasteiger charge is -2.59. The highest BCUT2D eigenvalue weighted by molar-refractivity contribution is 5.91. The summed E-state index contributed by atoms with van der Waals surface area (Å²) in [4.78, 5) is 11.8. The molecule has 7 atom stereocenters. The standard InChI is InChI=1S/C20H30O3/c1-18-8-6-13(21)10-12(18)4-5-14-15(18)7-9-19(2)17(14)16(22)11-20(19,3)23/h10,14-17,22-23H,4-9,11H2,1-3H3/t14-,15+,16?,17-,18+,19+,20+/m1/s1. The predicted octanol–water partition coefficient (Wildman–Crippen LogP) is 3.24. The summed E-state index contributed by atoms with van der Waals surface area (Å²) in [5, 5.41) is 21.7. The van der Waals surface area contributed by atoms with Crippen LogP contribution in [-0.2, 0) is 4.79 Å². The largest absolute Gasteiger partial charge is 0.393 e. The molecule has 3 nitrogen and oxygen atoms in total. The van der Waals surface area contributed by atoms with E-state index in [0.717, 1.165) is 32.1 Å². The van der Waals surface area contributed by atoms with Gasteiger partial charge in [0.15, 0.2) is 5.78 Å². The Bertz CT molecular complexity index is 577. The summed E-state index contributed by atoms with van der Waals surface area (Å²) in [5.74, 6) is 1.53. The molecule has 128 valence electrons. The predicted molar refractivity (Wildman–Crippen MR) is 88.7 cm³/mol. The van der Waals surface area contributed by atoms with Crippen LogP contribution in [-0.4, -0.2) is 27.7 Å². The first-order valence-electron chi connectivity index (χ1n) is 9.33. The van der Waals surface area contributed by atoms with Crippen molar-refractivity contribution in [2.45, 2.75) is 77.4 Å². The summed E-state index contributed by atoms with van der Waals surface area (Å²) < 4.78 is 0. The fourth-order valence-corrected chi connectivity index (χ4v) is 6.91. The molecule has 0 aliphatic heterocycles. The van der Waals surface area contributed by atoms with Gasteiger partial charge in [0.05, 0.1) is 11.7 Å². The Hall–Kier alpha value is -0.670. The second-order valence-electron chi connectivity index (χ2n) is 9.39.